The predicted molar refractivity (Wildman–Crippen MR) is 79.9 cm³/mol. The zero-order valence-electron chi connectivity index (χ0n) is 11.5. The highest BCUT2D eigenvalue weighted by atomic mass is 35.5. The van der Waals surface area contributed by atoms with Gasteiger partial charge >= 0.3 is 0 Å². The Labute approximate surface area is 126 Å². The number of methoxy groups -OCH3 is 1. The average Bonchev–Trinajstić information content (AvgIpc) is 2.84. The SMILES string of the molecule is COc1cccc2c1c(C(=O)c1cc(Cl)ncn1)cn2C. The van der Waals surface area contributed by atoms with E-state index >= 15 is 0 Å². The highest BCUT2D eigenvalue weighted by Gasteiger charge is 2.20. The summed E-state index contributed by atoms with van der Waals surface area (Å²) in [7, 11) is 3.46. The van der Waals surface area contributed by atoms with Crippen molar-refractivity contribution in [3.8, 4) is 5.75 Å². The molecule has 6 heteroatoms. The van der Waals surface area contributed by atoms with E-state index in [1.165, 1.54) is 12.4 Å². The lowest BCUT2D eigenvalue weighted by Crippen LogP contribution is -2.04. The summed E-state index contributed by atoms with van der Waals surface area (Å²) >= 11 is 5.83. The molecule has 0 aliphatic rings. The number of hydrogen-bond donors (Lipinski definition) is 0. The smallest absolute Gasteiger partial charge is 0.213 e. The molecule has 5 nitrogen and oxygen atoms in total. The number of hydrogen-bond acceptors (Lipinski definition) is 4. The summed E-state index contributed by atoms with van der Waals surface area (Å²) in [5, 5.41) is 1.00. The average molecular weight is 302 g/mol. The number of fused-ring (bicyclic) bond motifs is 1. The predicted octanol–water partition coefficient (Wildman–Crippen LogP) is 2.86. The molecule has 0 amide bonds. The lowest BCUT2D eigenvalue weighted by Gasteiger charge is -2.04. The van der Waals surface area contributed by atoms with Crippen LogP contribution < -0.4 is 4.74 Å². The first kappa shape index (κ1) is 13.6. The molecule has 2 aromatic heterocycles. The number of benzene rings is 1. The molecule has 3 aromatic rings. The van der Waals surface area contributed by atoms with Crippen LogP contribution in [0.15, 0.2) is 36.8 Å². The Morgan fingerprint density at radius 2 is 2.14 bits per heavy atom. The van der Waals surface area contributed by atoms with Crippen LogP contribution in [-0.2, 0) is 7.05 Å². The highest BCUT2D eigenvalue weighted by Crippen LogP contribution is 2.31. The molecule has 21 heavy (non-hydrogen) atoms. The third kappa shape index (κ3) is 2.25. The number of aryl methyl sites for hydroxylation is 1. The zero-order chi connectivity index (χ0) is 15.0. The minimum Gasteiger partial charge on any atom is -0.496 e. The maximum Gasteiger partial charge on any atom is 0.213 e. The van der Waals surface area contributed by atoms with Gasteiger partial charge in [-0.2, -0.15) is 0 Å². The molecule has 0 N–H and O–H groups in total. The lowest BCUT2D eigenvalue weighted by molar-refractivity contribution is 0.103. The Bertz CT molecular complexity index is 842. The van der Waals surface area contributed by atoms with Gasteiger partial charge in [0.1, 0.15) is 22.9 Å². The van der Waals surface area contributed by atoms with Crippen molar-refractivity contribution in [1.82, 2.24) is 14.5 Å². The van der Waals surface area contributed by atoms with Gasteiger partial charge in [-0.15, -0.1) is 0 Å². The van der Waals surface area contributed by atoms with Crippen LogP contribution in [0.5, 0.6) is 5.75 Å². The Morgan fingerprint density at radius 1 is 1.33 bits per heavy atom. The first-order valence-electron chi connectivity index (χ1n) is 6.26. The molecule has 0 atom stereocenters. The Kier molecular flexibility index (Phi) is 3.35. The molecule has 0 aliphatic heterocycles. The number of ketones is 1. The van der Waals surface area contributed by atoms with E-state index < -0.39 is 0 Å². The summed E-state index contributed by atoms with van der Waals surface area (Å²) < 4.78 is 7.25. The van der Waals surface area contributed by atoms with E-state index in [-0.39, 0.29) is 16.6 Å². The Morgan fingerprint density at radius 3 is 2.86 bits per heavy atom. The van der Waals surface area contributed by atoms with Crippen LogP contribution >= 0.6 is 11.6 Å². The van der Waals surface area contributed by atoms with Gasteiger partial charge in [0, 0.05) is 19.3 Å². The van der Waals surface area contributed by atoms with Crippen LogP contribution in [0.3, 0.4) is 0 Å². The van der Waals surface area contributed by atoms with Gasteiger partial charge in [-0.1, -0.05) is 17.7 Å². The fourth-order valence-corrected chi connectivity index (χ4v) is 2.50. The van der Waals surface area contributed by atoms with Gasteiger partial charge < -0.3 is 9.30 Å². The van der Waals surface area contributed by atoms with Crippen molar-refractivity contribution < 1.29 is 9.53 Å². The van der Waals surface area contributed by atoms with Gasteiger partial charge in [0.2, 0.25) is 5.78 Å². The first-order chi connectivity index (χ1) is 10.1. The highest BCUT2D eigenvalue weighted by molar-refractivity contribution is 6.30. The van der Waals surface area contributed by atoms with Crippen molar-refractivity contribution in [2.45, 2.75) is 0 Å². The molecule has 0 radical (unpaired) electrons. The molecule has 0 fully saturated rings. The van der Waals surface area contributed by atoms with Crippen LogP contribution in [0.25, 0.3) is 10.9 Å². The molecular weight excluding hydrogens is 290 g/mol. The normalized spacial score (nSPS) is 10.8. The second-order valence-electron chi connectivity index (χ2n) is 4.56. The van der Waals surface area contributed by atoms with Crippen LogP contribution in [0.1, 0.15) is 16.1 Å². The van der Waals surface area contributed by atoms with Gasteiger partial charge in [-0.05, 0) is 12.1 Å². The molecule has 106 valence electrons. The molecule has 1 aromatic carbocycles. The number of nitrogens with zero attached hydrogens (tertiary/aromatic N) is 3. The number of aromatic nitrogens is 3. The summed E-state index contributed by atoms with van der Waals surface area (Å²) in [5.41, 5.74) is 1.70. The van der Waals surface area contributed by atoms with Crippen LogP contribution in [0, 0.1) is 0 Å². The van der Waals surface area contributed by atoms with E-state index in [2.05, 4.69) is 9.97 Å². The fourth-order valence-electron chi connectivity index (χ4n) is 2.35. The van der Waals surface area contributed by atoms with Crippen LogP contribution in [0.2, 0.25) is 5.15 Å². The number of halogens is 1. The Balaban J connectivity index is 2.23. The summed E-state index contributed by atoms with van der Waals surface area (Å²) in [6.45, 7) is 0. The van der Waals surface area contributed by atoms with Crippen molar-refractivity contribution in [3.63, 3.8) is 0 Å². The molecule has 0 unspecified atom stereocenters. The summed E-state index contributed by atoms with van der Waals surface area (Å²) in [5.74, 6) is 0.436. The third-order valence-corrected chi connectivity index (χ3v) is 3.51. The van der Waals surface area contributed by atoms with Crippen molar-refractivity contribution in [3.05, 3.63) is 53.2 Å². The van der Waals surface area contributed by atoms with Gasteiger partial charge in [-0.3, -0.25) is 4.79 Å². The number of ether oxygens (including phenoxy) is 1. The molecule has 0 saturated carbocycles. The minimum atomic E-state index is -0.214. The zero-order valence-corrected chi connectivity index (χ0v) is 12.3. The van der Waals surface area contributed by atoms with E-state index in [9.17, 15) is 4.79 Å². The number of rotatable bonds is 3. The molecule has 3 rings (SSSR count). The van der Waals surface area contributed by atoms with Crippen molar-refractivity contribution in [2.75, 3.05) is 7.11 Å². The largest absolute Gasteiger partial charge is 0.496 e. The maximum absolute atomic E-state index is 12.7. The topological polar surface area (TPSA) is 57.0 Å². The summed E-state index contributed by atoms with van der Waals surface area (Å²) in [6, 6.07) is 7.10. The quantitative estimate of drug-likeness (QED) is 0.551. The Hall–Kier alpha value is -2.40. The monoisotopic (exact) mass is 301 g/mol. The maximum atomic E-state index is 12.7. The standard InChI is InChI=1S/C15H12ClN3O2/c1-19-7-9(14-11(19)4-3-5-12(14)21-2)15(20)10-6-13(16)18-8-17-10/h3-8H,1-2H3. The second kappa shape index (κ2) is 5.18. The van der Waals surface area contributed by atoms with Gasteiger partial charge in [-0.25, -0.2) is 9.97 Å². The van der Waals surface area contributed by atoms with E-state index in [0.29, 0.717) is 11.3 Å². The summed E-state index contributed by atoms with van der Waals surface area (Å²) in [4.78, 5) is 20.5. The third-order valence-electron chi connectivity index (χ3n) is 3.31. The van der Waals surface area contributed by atoms with Gasteiger partial charge in [0.25, 0.3) is 0 Å². The molecule has 0 aliphatic carbocycles. The van der Waals surface area contributed by atoms with Gasteiger partial charge in [0.05, 0.1) is 23.6 Å². The van der Waals surface area contributed by atoms with Crippen LogP contribution in [0.4, 0.5) is 0 Å². The van der Waals surface area contributed by atoms with Crippen LogP contribution in [-0.4, -0.2) is 27.4 Å². The van der Waals surface area contributed by atoms with E-state index in [1.54, 1.807) is 13.3 Å². The molecule has 2 heterocycles. The fraction of sp³-hybridized carbons (Fsp3) is 0.133. The second-order valence-corrected chi connectivity index (χ2v) is 4.95. The van der Waals surface area contributed by atoms with Crippen molar-refractivity contribution in [2.24, 2.45) is 7.05 Å². The van der Waals surface area contributed by atoms with Gasteiger partial charge in [0.15, 0.2) is 0 Å². The molecule has 0 bridgehead atoms. The molecule has 0 saturated heterocycles. The minimum absolute atomic E-state index is 0.214. The number of carbonyl (C=O) groups excluding carboxylic acids is 1. The first-order valence-corrected chi connectivity index (χ1v) is 6.64. The van der Waals surface area contributed by atoms with E-state index in [4.69, 9.17) is 16.3 Å². The lowest BCUT2D eigenvalue weighted by atomic mass is 10.1. The van der Waals surface area contributed by atoms with E-state index in [0.717, 1.165) is 10.9 Å². The van der Waals surface area contributed by atoms with Crippen molar-refractivity contribution >= 4 is 28.3 Å². The molecular formula is C15H12ClN3O2. The number of carbonyl (C=O) groups is 1. The molecule has 0 spiro atoms. The van der Waals surface area contributed by atoms with Crippen molar-refractivity contribution in [1.29, 1.82) is 0 Å². The van der Waals surface area contributed by atoms with E-state index in [1.807, 2.05) is 29.8 Å². The summed E-state index contributed by atoms with van der Waals surface area (Å²) in [6.07, 6.45) is 3.05.